The maximum Gasteiger partial charge on any atom is 0.310 e. The molecule has 6 atom stereocenters. The van der Waals surface area contributed by atoms with Gasteiger partial charge in [-0.25, -0.2) is 0 Å². The Hall–Kier alpha value is -1.05. The zero-order chi connectivity index (χ0) is 16.5. The number of aliphatic carboxylic acids is 1. The van der Waals surface area contributed by atoms with Gasteiger partial charge < -0.3 is 5.11 Å². The Kier molecular flexibility index (Phi) is 4.89. The minimum Gasteiger partial charge on any atom is -0.481 e. The molecule has 1 unspecified atom stereocenters. The van der Waals surface area contributed by atoms with Crippen LogP contribution in [0, 0.1) is 34.5 Å². The molecule has 1 N–H and O–H groups in total. The highest BCUT2D eigenvalue weighted by molar-refractivity contribution is 5.76. The Balaban J connectivity index is 2.33. The Morgan fingerprint density at radius 3 is 2.64 bits per heavy atom. The largest absolute Gasteiger partial charge is 0.481 e. The average molecular weight is 304 g/mol. The third-order valence-corrected chi connectivity index (χ3v) is 6.57. The van der Waals surface area contributed by atoms with Crippen molar-refractivity contribution in [2.24, 2.45) is 34.5 Å². The van der Waals surface area contributed by atoms with E-state index >= 15 is 0 Å². The molecule has 0 fully saturated rings. The zero-order valence-electron chi connectivity index (χ0n) is 14.8. The second kappa shape index (κ2) is 6.22. The lowest BCUT2D eigenvalue weighted by Gasteiger charge is -2.53. The molecule has 0 saturated carbocycles. The lowest BCUT2D eigenvalue weighted by atomic mass is 9.50. The molecule has 0 spiro atoms. The van der Waals surface area contributed by atoms with Gasteiger partial charge in [-0.1, -0.05) is 64.8 Å². The van der Waals surface area contributed by atoms with Crippen LogP contribution >= 0.6 is 0 Å². The number of allylic oxidation sites excluding steroid dienone is 4. The van der Waals surface area contributed by atoms with E-state index in [4.69, 9.17) is 0 Å². The van der Waals surface area contributed by atoms with E-state index in [0.29, 0.717) is 18.3 Å². The number of carboxylic acids is 1. The van der Waals surface area contributed by atoms with Crippen molar-refractivity contribution in [2.75, 3.05) is 0 Å². The van der Waals surface area contributed by atoms with Gasteiger partial charge in [-0.3, -0.25) is 4.79 Å². The first-order valence-electron chi connectivity index (χ1n) is 8.85. The fourth-order valence-corrected chi connectivity index (χ4v) is 4.70. The standard InChI is InChI=1S/C20H32O2/c1-6-14(2)8-10-16-15(3)9-11-17-19(16,4)12-7-13-20(17,5)18(21)22/h7,9,11-12,14-17H,6,8,10,13H2,1-5H3,(H,21,22)/t14-,15+,16+,17-,19-,20?/m1/s1. The summed E-state index contributed by atoms with van der Waals surface area (Å²) in [7, 11) is 0. The highest BCUT2D eigenvalue weighted by Gasteiger charge is 2.54. The Morgan fingerprint density at radius 1 is 1.36 bits per heavy atom. The molecular formula is C20H32O2. The maximum atomic E-state index is 11.9. The van der Waals surface area contributed by atoms with Gasteiger partial charge in [-0.15, -0.1) is 0 Å². The molecular weight excluding hydrogens is 272 g/mol. The second-order valence-corrected chi connectivity index (χ2v) is 8.11. The van der Waals surface area contributed by atoms with E-state index in [9.17, 15) is 9.90 Å². The van der Waals surface area contributed by atoms with E-state index in [1.165, 1.54) is 19.3 Å². The van der Waals surface area contributed by atoms with Crippen molar-refractivity contribution in [3.8, 4) is 0 Å². The van der Waals surface area contributed by atoms with Crippen LogP contribution < -0.4 is 0 Å². The monoisotopic (exact) mass is 304 g/mol. The molecule has 2 rings (SSSR count). The van der Waals surface area contributed by atoms with Crippen molar-refractivity contribution in [2.45, 2.75) is 60.3 Å². The highest BCUT2D eigenvalue weighted by atomic mass is 16.4. The number of fused-ring (bicyclic) bond motifs is 1. The van der Waals surface area contributed by atoms with Crippen LogP contribution in [0.5, 0.6) is 0 Å². The van der Waals surface area contributed by atoms with Crippen LogP contribution in [-0.4, -0.2) is 11.1 Å². The zero-order valence-corrected chi connectivity index (χ0v) is 14.8. The minimum atomic E-state index is -0.672. The van der Waals surface area contributed by atoms with Gasteiger partial charge in [0.2, 0.25) is 0 Å². The van der Waals surface area contributed by atoms with Crippen molar-refractivity contribution in [1.29, 1.82) is 0 Å². The number of carboxylic acid groups (broad SMARTS) is 1. The van der Waals surface area contributed by atoms with Crippen molar-refractivity contribution in [1.82, 2.24) is 0 Å². The van der Waals surface area contributed by atoms with Crippen LogP contribution in [0.4, 0.5) is 0 Å². The molecule has 0 aliphatic heterocycles. The van der Waals surface area contributed by atoms with E-state index < -0.39 is 11.4 Å². The van der Waals surface area contributed by atoms with Gasteiger partial charge in [0.05, 0.1) is 5.41 Å². The summed E-state index contributed by atoms with van der Waals surface area (Å²) in [6, 6.07) is 0. The Labute approximate surface area is 135 Å². The molecule has 2 heteroatoms. The molecule has 2 aliphatic rings. The lowest BCUT2D eigenvalue weighted by Crippen LogP contribution is -2.51. The van der Waals surface area contributed by atoms with Crippen molar-refractivity contribution >= 4 is 5.97 Å². The summed E-state index contributed by atoms with van der Waals surface area (Å²) >= 11 is 0. The van der Waals surface area contributed by atoms with Crippen LogP contribution in [0.1, 0.15) is 60.3 Å². The predicted molar refractivity (Wildman–Crippen MR) is 91.6 cm³/mol. The van der Waals surface area contributed by atoms with Gasteiger partial charge in [-0.2, -0.15) is 0 Å². The summed E-state index contributed by atoms with van der Waals surface area (Å²) in [6.07, 6.45) is 13.2. The highest BCUT2D eigenvalue weighted by Crippen LogP contribution is 2.57. The summed E-state index contributed by atoms with van der Waals surface area (Å²) in [5.41, 5.74) is -0.707. The SMILES string of the molecule is CC[C@@H](C)CC[C@H]1[C@@H](C)C=C[C@H]2C(C)(C(=O)O)CC=C[C@]12C. The van der Waals surface area contributed by atoms with Crippen LogP contribution in [0.15, 0.2) is 24.3 Å². The fourth-order valence-electron chi connectivity index (χ4n) is 4.70. The van der Waals surface area contributed by atoms with Crippen molar-refractivity contribution < 1.29 is 9.90 Å². The number of rotatable bonds is 5. The summed E-state index contributed by atoms with van der Waals surface area (Å²) in [6.45, 7) is 11.1. The molecule has 0 radical (unpaired) electrons. The summed E-state index contributed by atoms with van der Waals surface area (Å²) in [5.74, 6) is 1.24. The third kappa shape index (κ3) is 2.77. The molecule has 0 aromatic carbocycles. The van der Waals surface area contributed by atoms with Gasteiger partial charge in [0.15, 0.2) is 0 Å². The Bertz CT molecular complexity index is 478. The molecule has 0 heterocycles. The predicted octanol–water partition coefficient (Wildman–Crippen LogP) is 5.31. The topological polar surface area (TPSA) is 37.3 Å². The third-order valence-electron chi connectivity index (χ3n) is 6.57. The van der Waals surface area contributed by atoms with Crippen molar-refractivity contribution in [3.63, 3.8) is 0 Å². The van der Waals surface area contributed by atoms with Crippen LogP contribution in [0.25, 0.3) is 0 Å². The molecule has 2 nitrogen and oxygen atoms in total. The summed E-state index contributed by atoms with van der Waals surface area (Å²) in [5, 5.41) is 9.79. The van der Waals surface area contributed by atoms with Gasteiger partial charge in [0.1, 0.15) is 0 Å². The van der Waals surface area contributed by atoms with Gasteiger partial charge in [-0.05, 0) is 42.9 Å². The van der Waals surface area contributed by atoms with Crippen LogP contribution in [0.3, 0.4) is 0 Å². The molecule has 0 aromatic rings. The first kappa shape index (κ1) is 17.3. The number of carbonyl (C=O) groups is 1. The van der Waals surface area contributed by atoms with Gasteiger partial charge in [0, 0.05) is 5.92 Å². The smallest absolute Gasteiger partial charge is 0.310 e. The molecule has 0 aromatic heterocycles. The summed E-state index contributed by atoms with van der Waals surface area (Å²) < 4.78 is 0. The average Bonchev–Trinajstić information content (AvgIpc) is 2.45. The Morgan fingerprint density at radius 2 is 2.05 bits per heavy atom. The first-order chi connectivity index (χ1) is 10.3. The molecule has 0 amide bonds. The van der Waals surface area contributed by atoms with E-state index in [1.807, 2.05) is 6.92 Å². The first-order valence-corrected chi connectivity index (χ1v) is 8.85. The maximum absolute atomic E-state index is 11.9. The van der Waals surface area contributed by atoms with E-state index in [0.717, 1.165) is 5.92 Å². The van der Waals surface area contributed by atoms with Crippen LogP contribution in [0.2, 0.25) is 0 Å². The van der Waals surface area contributed by atoms with Gasteiger partial charge >= 0.3 is 5.97 Å². The van der Waals surface area contributed by atoms with Crippen molar-refractivity contribution in [3.05, 3.63) is 24.3 Å². The quantitative estimate of drug-likeness (QED) is 0.699. The van der Waals surface area contributed by atoms with E-state index in [1.54, 1.807) is 0 Å². The summed E-state index contributed by atoms with van der Waals surface area (Å²) in [4.78, 5) is 11.9. The van der Waals surface area contributed by atoms with E-state index in [2.05, 4.69) is 52.0 Å². The van der Waals surface area contributed by atoms with Crippen LogP contribution in [-0.2, 0) is 4.79 Å². The second-order valence-electron chi connectivity index (χ2n) is 8.11. The lowest BCUT2D eigenvalue weighted by molar-refractivity contribution is -0.154. The molecule has 124 valence electrons. The molecule has 0 bridgehead atoms. The normalized spacial score (nSPS) is 42.0. The van der Waals surface area contributed by atoms with E-state index in [-0.39, 0.29) is 11.3 Å². The number of hydrogen-bond donors (Lipinski definition) is 1. The minimum absolute atomic E-state index is 0.0347. The van der Waals surface area contributed by atoms with Gasteiger partial charge in [0.25, 0.3) is 0 Å². The molecule has 0 saturated heterocycles. The molecule has 2 aliphatic carbocycles. The molecule has 22 heavy (non-hydrogen) atoms. The fraction of sp³-hybridized carbons (Fsp3) is 0.750. The number of hydrogen-bond acceptors (Lipinski definition) is 1.